The van der Waals surface area contributed by atoms with E-state index in [1.54, 1.807) is 6.07 Å². The van der Waals surface area contributed by atoms with E-state index in [1.807, 2.05) is 0 Å². The van der Waals surface area contributed by atoms with Crippen LogP contribution in [0.1, 0.15) is 20.3 Å². The van der Waals surface area contributed by atoms with Crippen molar-refractivity contribution in [2.24, 2.45) is 0 Å². The number of carbonyl (C=O) groups excluding carboxylic acids is 1. The molecule has 1 aromatic heterocycles. The smallest absolute Gasteiger partial charge is 0.491 e. The summed E-state index contributed by atoms with van der Waals surface area (Å²) in [5.41, 5.74) is -0.0899. The molecule has 1 aliphatic heterocycles. The molecule has 2 heterocycles. The molecule has 0 saturated heterocycles. The Kier molecular flexibility index (Phi) is 4.33. The number of amides is 1. The number of aromatic nitrogens is 2. The average Bonchev–Trinajstić information content (AvgIpc) is 2.92. The molecular formula is C21H16F3N3O3. The van der Waals surface area contributed by atoms with E-state index in [4.69, 9.17) is 8.85 Å². The van der Waals surface area contributed by atoms with Gasteiger partial charge in [0, 0.05) is 12.4 Å². The highest BCUT2D eigenvalue weighted by molar-refractivity contribution is 5.98. The molecule has 0 N–H and O–H groups in total. The zero-order chi connectivity index (χ0) is 23.8. The summed E-state index contributed by atoms with van der Waals surface area (Å²) in [4.78, 5) is 22.9. The highest BCUT2D eigenvalue weighted by Gasteiger charge is 2.31. The molecule has 0 spiro atoms. The number of ether oxygens (including phenoxy) is 2. The van der Waals surface area contributed by atoms with Crippen molar-refractivity contribution in [3.8, 4) is 22.6 Å². The number of halogens is 3. The maximum atomic E-state index is 13.3. The molecule has 1 amide bonds. The van der Waals surface area contributed by atoms with Gasteiger partial charge in [-0.25, -0.2) is 9.97 Å². The van der Waals surface area contributed by atoms with E-state index in [0.29, 0.717) is 5.82 Å². The van der Waals surface area contributed by atoms with Crippen LogP contribution < -0.4 is 9.47 Å². The first-order chi connectivity index (χ1) is 15.7. The first-order valence-electron chi connectivity index (χ1n) is 10.3. The molecular weight excluding hydrogens is 399 g/mol. The second kappa shape index (κ2) is 8.02. The van der Waals surface area contributed by atoms with Gasteiger partial charge >= 0.3 is 6.36 Å². The van der Waals surface area contributed by atoms with Crippen LogP contribution in [0, 0.1) is 0 Å². The van der Waals surface area contributed by atoms with Gasteiger partial charge in [0.2, 0.25) is 0 Å². The highest BCUT2D eigenvalue weighted by atomic mass is 19.4. The lowest BCUT2D eigenvalue weighted by molar-refractivity contribution is -0.274. The van der Waals surface area contributed by atoms with Crippen molar-refractivity contribution >= 4 is 5.91 Å². The molecule has 30 heavy (non-hydrogen) atoms. The van der Waals surface area contributed by atoms with Crippen LogP contribution in [0.4, 0.5) is 13.2 Å². The fraction of sp³-hybridized carbons (Fsp3) is 0.190. The van der Waals surface area contributed by atoms with E-state index in [0.717, 1.165) is 12.1 Å². The van der Waals surface area contributed by atoms with Gasteiger partial charge in [0.25, 0.3) is 5.91 Å². The van der Waals surface area contributed by atoms with Gasteiger partial charge in [0.15, 0.2) is 0 Å². The van der Waals surface area contributed by atoms with Gasteiger partial charge in [-0.1, -0.05) is 18.2 Å². The van der Waals surface area contributed by atoms with Crippen LogP contribution in [-0.2, 0) is 6.54 Å². The van der Waals surface area contributed by atoms with Gasteiger partial charge in [0.1, 0.15) is 23.9 Å². The first-order valence-corrected chi connectivity index (χ1v) is 8.83. The monoisotopic (exact) mass is 418 g/mol. The van der Waals surface area contributed by atoms with Crippen LogP contribution >= 0.6 is 0 Å². The molecule has 9 heteroatoms. The molecule has 4 rings (SSSR count). The Morgan fingerprint density at radius 2 is 1.87 bits per heavy atom. The third kappa shape index (κ3) is 4.51. The number of hydrogen-bond donors (Lipinski definition) is 0. The summed E-state index contributed by atoms with van der Waals surface area (Å²) in [6, 6.07) is 5.04. The lowest BCUT2D eigenvalue weighted by atomic mass is 10.0. The predicted molar refractivity (Wildman–Crippen MR) is 101 cm³/mol. The van der Waals surface area contributed by atoms with Crippen molar-refractivity contribution in [3.05, 3.63) is 72.2 Å². The second-order valence-electron chi connectivity index (χ2n) is 6.27. The van der Waals surface area contributed by atoms with Crippen LogP contribution in [-0.4, -0.2) is 40.3 Å². The summed E-state index contributed by atoms with van der Waals surface area (Å²) in [5.74, 6) is -0.859. The molecule has 0 unspecified atom stereocenters. The largest absolute Gasteiger partial charge is 0.573 e. The number of benzene rings is 2. The zero-order valence-electron chi connectivity index (χ0n) is 18.4. The van der Waals surface area contributed by atoms with E-state index >= 15 is 0 Å². The Bertz CT molecular complexity index is 1190. The highest BCUT2D eigenvalue weighted by Crippen LogP contribution is 2.31. The minimum atomic E-state index is -4.86. The molecule has 0 atom stereocenters. The van der Waals surface area contributed by atoms with Crippen LogP contribution in [0.25, 0.3) is 11.1 Å². The molecule has 6 nitrogen and oxygen atoms in total. The zero-order valence-corrected chi connectivity index (χ0v) is 15.4. The van der Waals surface area contributed by atoms with Gasteiger partial charge in [-0.3, -0.25) is 4.79 Å². The van der Waals surface area contributed by atoms with E-state index in [9.17, 15) is 18.0 Å². The summed E-state index contributed by atoms with van der Waals surface area (Å²) in [7, 11) is 0. The van der Waals surface area contributed by atoms with Crippen molar-refractivity contribution in [1.29, 1.82) is 0 Å². The Balaban J connectivity index is 1.75. The average molecular weight is 418 g/mol. The Labute approximate surface area is 174 Å². The molecule has 2 aromatic carbocycles. The van der Waals surface area contributed by atoms with Crippen LogP contribution in [0.5, 0.6) is 11.5 Å². The second-order valence-corrected chi connectivity index (χ2v) is 6.27. The van der Waals surface area contributed by atoms with Gasteiger partial charge < -0.3 is 14.4 Å². The standard InChI is InChI=1S/C21H16F3N3O3/c22-21(23,24)30-16-5-2-14(3-6-16)15-4-7-18-17(12-15)20(28)27(10-11-29-18)13-19-25-8-1-9-26-19/h1-9,12H,10-11,13H2/i4D,7D,12D. The third-order valence-electron chi connectivity index (χ3n) is 4.21. The van der Waals surface area contributed by atoms with Gasteiger partial charge in [-0.05, 0) is 41.4 Å². The SMILES string of the molecule is [2H]c1c([2H])c(-c2ccc(OC(F)(F)F)cc2)c([2H])c2c1OCCN(Cc1ncccn1)C2=O. The summed E-state index contributed by atoms with van der Waals surface area (Å²) >= 11 is 0. The van der Waals surface area contributed by atoms with Crippen LogP contribution in [0.3, 0.4) is 0 Å². The first kappa shape index (κ1) is 16.2. The summed E-state index contributed by atoms with van der Waals surface area (Å²) in [6.45, 7) is 0.243. The fourth-order valence-corrected chi connectivity index (χ4v) is 2.87. The number of fused-ring (bicyclic) bond motifs is 1. The number of carbonyl (C=O) groups is 1. The Morgan fingerprint density at radius 3 is 2.57 bits per heavy atom. The van der Waals surface area contributed by atoms with Crippen molar-refractivity contribution in [2.45, 2.75) is 12.9 Å². The normalized spacial score (nSPS) is 15.4. The maximum absolute atomic E-state index is 13.3. The van der Waals surface area contributed by atoms with E-state index in [2.05, 4.69) is 14.7 Å². The molecule has 0 bridgehead atoms. The lowest BCUT2D eigenvalue weighted by Gasteiger charge is -2.19. The minimum Gasteiger partial charge on any atom is -0.491 e. The Morgan fingerprint density at radius 1 is 1.13 bits per heavy atom. The van der Waals surface area contributed by atoms with Crippen molar-refractivity contribution < 1.29 is 31.6 Å². The van der Waals surface area contributed by atoms with Crippen molar-refractivity contribution in [1.82, 2.24) is 14.9 Å². The number of nitrogens with zero attached hydrogens (tertiary/aromatic N) is 3. The number of rotatable bonds is 4. The molecule has 154 valence electrons. The summed E-state index contributed by atoms with van der Waals surface area (Å²) in [6.07, 6.45) is -1.80. The quantitative estimate of drug-likeness (QED) is 0.639. The van der Waals surface area contributed by atoms with E-state index in [1.165, 1.54) is 29.4 Å². The van der Waals surface area contributed by atoms with Gasteiger partial charge in [-0.2, -0.15) is 0 Å². The lowest BCUT2D eigenvalue weighted by Crippen LogP contribution is -2.32. The fourth-order valence-electron chi connectivity index (χ4n) is 2.87. The van der Waals surface area contributed by atoms with E-state index in [-0.39, 0.29) is 54.2 Å². The van der Waals surface area contributed by atoms with Crippen LogP contribution in [0.15, 0.2) is 60.9 Å². The van der Waals surface area contributed by atoms with E-state index < -0.39 is 24.1 Å². The van der Waals surface area contributed by atoms with Gasteiger partial charge in [0.05, 0.1) is 22.8 Å². The third-order valence-corrected chi connectivity index (χ3v) is 4.21. The minimum absolute atomic E-state index is 0.0408. The number of alkyl halides is 3. The topological polar surface area (TPSA) is 64.6 Å². The molecule has 3 aromatic rings. The van der Waals surface area contributed by atoms with Crippen molar-refractivity contribution in [2.75, 3.05) is 13.2 Å². The molecule has 0 radical (unpaired) electrons. The molecule has 0 fully saturated rings. The predicted octanol–water partition coefficient (Wildman–Crippen LogP) is 4.08. The maximum Gasteiger partial charge on any atom is 0.573 e. The molecule has 0 saturated carbocycles. The number of hydrogen-bond acceptors (Lipinski definition) is 5. The summed E-state index contributed by atoms with van der Waals surface area (Å²) < 4.78 is 72.0. The summed E-state index contributed by atoms with van der Waals surface area (Å²) in [5, 5.41) is 0. The Hall–Kier alpha value is -3.62. The van der Waals surface area contributed by atoms with Crippen molar-refractivity contribution in [3.63, 3.8) is 0 Å². The van der Waals surface area contributed by atoms with Crippen LogP contribution in [0.2, 0.25) is 0 Å². The molecule has 0 aliphatic carbocycles. The molecule has 1 aliphatic rings. The van der Waals surface area contributed by atoms with Gasteiger partial charge in [-0.15, -0.1) is 13.2 Å².